The Morgan fingerprint density at radius 2 is 2.20 bits per heavy atom. The van der Waals surface area contributed by atoms with Gasteiger partial charge < -0.3 is 10.1 Å². The van der Waals surface area contributed by atoms with Gasteiger partial charge in [0.15, 0.2) is 5.96 Å². The first-order valence-corrected chi connectivity index (χ1v) is 6.98. The van der Waals surface area contributed by atoms with Gasteiger partial charge in [-0.3, -0.25) is 15.1 Å². The van der Waals surface area contributed by atoms with Crippen LogP contribution in [0.15, 0.2) is 29.3 Å². The van der Waals surface area contributed by atoms with Crippen LogP contribution in [0, 0.1) is 0 Å². The largest absolute Gasteiger partial charge is 0.491 e. The van der Waals surface area contributed by atoms with Gasteiger partial charge in [-0.25, -0.2) is 0 Å². The van der Waals surface area contributed by atoms with Crippen LogP contribution in [0.3, 0.4) is 0 Å². The smallest absolute Gasteiger partial charge is 0.253 e. The Morgan fingerprint density at radius 1 is 1.40 bits per heavy atom. The third-order valence-electron chi connectivity index (χ3n) is 2.84. The van der Waals surface area contributed by atoms with Crippen LogP contribution in [0.4, 0.5) is 0 Å². The quantitative estimate of drug-likeness (QED) is 0.864. The molecule has 0 radical (unpaired) electrons. The number of nitrogens with one attached hydrogen (secondary N) is 2. The van der Waals surface area contributed by atoms with Gasteiger partial charge in [-0.2, -0.15) is 0 Å². The number of ether oxygens (including phenoxy) is 1. The van der Waals surface area contributed by atoms with Crippen molar-refractivity contribution in [3.63, 3.8) is 0 Å². The molecule has 1 aromatic rings. The molecule has 1 aliphatic rings. The zero-order chi connectivity index (χ0) is 14.5. The molecule has 0 saturated carbocycles. The molecule has 1 atom stereocenters. The van der Waals surface area contributed by atoms with Gasteiger partial charge in [0, 0.05) is 6.54 Å². The number of amides is 1. The van der Waals surface area contributed by atoms with Crippen LogP contribution >= 0.6 is 0 Å². The molecule has 5 heteroatoms. The third kappa shape index (κ3) is 3.50. The minimum atomic E-state index is -0.402. The van der Waals surface area contributed by atoms with E-state index in [1.807, 2.05) is 45.0 Å². The molecular weight excluding hydrogens is 254 g/mol. The first-order chi connectivity index (χ1) is 9.60. The number of guanidine groups is 1. The van der Waals surface area contributed by atoms with E-state index in [1.165, 1.54) is 0 Å². The molecule has 5 nitrogen and oxygen atoms in total. The lowest BCUT2D eigenvalue weighted by Crippen LogP contribution is -2.25. The highest BCUT2D eigenvalue weighted by atomic mass is 16.5. The average molecular weight is 275 g/mol. The molecule has 1 saturated heterocycles. The monoisotopic (exact) mass is 275 g/mol. The second kappa shape index (κ2) is 6.41. The van der Waals surface area contributed by atoms with Crippen molar-refractivity contribution in [2.24, 2.45) is 4.99 Å². The fraction of sp³-hybridized carbons (Fsp3) is 0.467. The van der Waals surface area contributed by atoms with Gasteiger partial charge in [0.2, 0.25) is 0 Å². The Hall–Kier alpha value is -2.04. The fourth-order valence-corrected chi connectivity index (χ4v) is 2.01. The maximum atomic E-state index is 12.0. The van der Waals surface area contributed by atoms with Crippen LogP contribution < -0.4 is 15.4 Å². The molecular formula is C15H21N3O2. The minimum absolute atomic E-state index is 0.0819. The number of hydrogen-bond acceptors (Lipinski definition) is 3. The molecule has 20 heavy (non-hydrogen) atoms. The number of carbonyl (C=O) groups excluding carboxylic acids is 1. The molecule has 0 aliphatic carbocycles. The van der Waals surface area contributed by atoms with Gasteiger partial charge in [-0.05, 0) is 38.0 Å². The van der Waals surface area contributed by atoms with Crippen LogP contribution in [0.5, 0.6) is 5.75 Å². The lowest BCUT2D eigenvalue weighted by Gasteiger charge is -2.13. The lowest BCUT2D eigenvalue weighted by atomic mass is 10.1. The van der Waals surface area contributed by atoms with Crippen molar-refractivity contribution < 1.29 is 9.53 Å². The zero-order valence-corrected chi connectivity index (χ0v) is 12.1. The summed E-state index contributed by atoms with van der Waals surface area (Å²) in [6.07, 6.45) is 1.06. The Bertz CT molecular complexity index is 512. The summed E-state index contributed by atoms with van der Waals surface area (Å²) in [6.45, 7) is 6.70. The van der Waals surface area contributed by atoms with Gasteiger partial charge in [0.1, 0.15) is 11.8 Å². The Morgan fingerprint density at radius 3 is 2.90 bits per heavy atom. The van der Waals surface area contributed by atoms with Crippen molar-refractivity contribution in [1.29, 1.82) is 0 Å². The van der Waals surface area contributed by atoms with Crippen molar-refractivity contribution in [2.75, 3.05) is 6.54 Å². The van der Waals surface area contributed by atoms with E-state index in [1.54, 1.807) is 0 Å². The highest BCUT2D eigenvalue weighted by Gasteiger charge is 2.29. The minimum Gasteiger partial charge on any atom is -0.491 e. The average Bonchev–Trinajstić information content (AvgIpc) is 2.77. The fourth-order valence-electron chi connectivity index (χ4n) is 2.01. The number of benzene rings is 1. The highest BCUT2D eigenvalue weighted by Crippen LogP contribution is 2.22. The van der Waals surface area contributed by atoms with E-state index in [9.17, 15) is 4.79 Å². The van der Waals surface area contributed by atoms with E-state index >= 15 is 0 Å². The summed E-state index contributed by atoms with van der Waals surface area (Å²) in [5.74, 6) is 1.24. The van der Waals surface area contributed by atoms with E-state index in [4.69, 9.17) is 4.74 Å². The molecule has 108 valence electrons. The summed E-state index contributed by atoms with van der Waals surface area (Å²) < 4.78 is 5.65. The molecule has 1 aliphatic heterocycles. The molecule has 1 aromatic carbocycles. The van der Waals surface area contributed by atoms with Crippen LogP contribution in [0.1, 0.15) is 38.8 Å². The van der Waals surface area contributed by atoms with Crippen LogP contribution in [-0.2, 0) is 4.79 Å². The summed E-state index contributed by atoms with van der Waals surface area (Å²) in [5, 5.41) is 5.86. The predicted octanol–water partition coefficient (Wildman–Crippen LogP) is 2.00. The molecule has 1 amide bonds. The Labute approximate surface area is 119 Å². The van der Waals surface area contributed by atoms with Crippen molar-refractivity contribution in [1.82, 2.24) is 10.6 Å². The second-order valence-electron chi connectivity index (χ2n) is 5.04. The predicted molar refractivity (Wildman–Crippen MR) is 78.8 cm³/mol. The molecule has 2 rings (SSSR count). The second-order valence-corrected chi connectivity index (χ2v) is 5.04. The summed E-state index contributed by atoms with van der Waals surface area (Å²) in [6, 6.07) is 7.18. The van der Waals surface area contributed by atoms with Gasteiger partial charge in [-0.15, -0.1) is 0 Å². The Balaban J connectivity index is 2.13. The van der Waals surface area contributed by atoms with E-state index in [2.05, 4.69) is 15.6 Å². The molecule has 1 unspecified atom stereocenters. The third-order valence-corrected chi connectivity index (χ3v) is 2.84. The van der Waals surface area contributed by atoms with Crippen LogP contribution in [0.2, 0.25) is 0 Å². The van der Waals surface area contributed by atoms with Crippen LogP contribution in [0.25, 0.3) is 0 Å². The summed E-state index contributed by atoms with van der Waals surface area (Å²) in [7, 11) is 0. The van der Waals surface area contributed by atoms with Crippen molar-refractivity contribution in [3.8, 4) is 5.75 Å². The van der Waals surface area contributed by atoms with Gasteiger partial charge in [0.05, 0.1) is 6.10 Å². The molecule has 0 bridgehead atoms. The molecule has 2 N–H and O–H groups in total. The Kier molecular flexibility index (Phi) is 4.61. The summed E-state index contributed by atoms with van der Waals surface area (Å²) >= 11 is 0. The maximum absolute atomic E-state index is 12.0. The number of nitrogens with zero attached hydrogens (tertiary/aromatic N) is 1. The summed E-state index contributed by atoms with van der Waals surface area (Å²) in [4.78, 5) is 16.3. The SMILES string of the molecule is CCCN=C1NC(=O)C(c2cccc(OC(C)C)c2)N1. The lowest BCUT2D eigenvalue weighted by molar-refractivity contribution is -0.120. The zero-order valence-electron chi connectivity index (χ0n) is 12.1. The van der Waals surface area contributed by atoms with Crippen molar-refractivity contribution >= 4 is 11.9 Å². The van der Waals surface area contributed by atoms with E-state index in [-0.39, 0.29) is 12.0 Å². The summed E-state index contributed by atoms with van der Waals surface area (Å²) in [5.41, 5.74) is 0.877. The van der Waals surface area contributed by atoms with E-state index in [0.717, 1.165) is 17.7 Å². The number of hydrogen-bond donors (Lipinski definition) is 2. The normalized spacial score (nSPS) is 20.1. The number of aliphatic imine (C=N–C) groups is 1. The number of rotatable bonds is 5. The molecule has 0 spiro atoms. The van der Waals surface area contributed by atoms with Crippen molar-refractivity contribution in [3.05, 3.63) is 29.8 Å². The van der Waals surface area contributed by atoms with Crippen molar-refractivity contribution in [2.45, 2.75) is 39.3 Å². The first-order valence-electron chi connectivity index (χ1n) is 6.98. The molecule has 0 aromatic heterocycles. The maximum Gasteiger partial charge on any atom is 0.253 e. The van der Waals surface area contributed by atoms with E-state index < -0.39 is 6.04 Å². The van der Waals surface area contributed by atoms with Gasteiger partial charge in [0.25, 0.3) is 5.91 Å². The standard InChI is InChI=1S/C15H21N3O2/c1-4-8-16-15-17-13(14(19)18-15)11-6-5-7-12(9-11)20-10(2)3/h5-7,9-10,13H,4,8H2,1-3H3,(H2,16,17,18,19). The van der Waals surface area contributed by atoms with E-state index in [0.29, 0.717) is 12.5 Å². The topological polar surface area (TPSA) is 62.7 Å². The number of carbonyl (C=O) groups is 1. The first kappa shape index (κ1) is 14.4. The van der Waals surface area contributed by atoms with Crippen LogP contribution in [-0.4, -0.2) is 24.5 Å². The van der Waals surface area contributed by atoms with Gasteiger partial charge in [-0.1, -0.05) is 19.1 Å². The highest BCUT2D eigenvalue weighted by molar-refractivity contribution is 6.06. The van der Waals surface area contributed by atoms with Gasteiger partial charge >= 0.3 is 0 Å². The molecule has 1 heterocycles. The molecule has 1 fully saturated rings.